The zero-order valence-corrected chi connectivity index (χ0v) is 13.3. The Labute approximate surface area is 124 Å². The third-order valence-electron chi connectivity index (χ3n) is 2.53. The molecule has 2 aromatic rings. The summed E-state index contributed by atoms with van der Waals surface area (Å²) in [7, 11) is 0. The van der Waals surface area contributed by atoms with Crippen LogP contribution in [0.3, 0.4) is 0 Å². The lowest BCUT2D eigenvalue weighted by molar-refractivity contribution is 0.451. The summed E-state index contributed by atoms with van der Waals surface area (Å²) in [6.07, 6.45) is 1.72. The quantitative estimate of drug-likeness (QED) is 0.709. The number of ether oxygens (including phenoxy) is 1. The molecule has 0 spiro atoms. The lowest BCUT2D eigenvalue weighted by atomic mass is 10.0. The van der Waals surface area contributed by atoms with Gasteiger partial charge >= 0.3 is 0 Å². The van der Waals surface area contributed by atoms with Gasteiger partial charge in [0, 0.05) is 10.7 Å². The number of aromatic nitrogens is 1. The smallest absolute Gasteiger partial charge is 0.233 e. The number of hydrogen-bond donors (Lipinski definition) is 0. The zero-order valence-electron chi connectivity index (χ0n) is 10.2. The maximum absolute atomic E-state index is 5.88. The van der Waals surface area contributed by atoms with Crippen LogP contribution in [0, 0.1) is 0 Å². The van der Waals surface area contributed by atoms with Gasteiger partial charge in [0.15, 0.2) is 0 Å². The molecule has 1 aromatic carbocycles. The summed E-state index contributed by atoms with van der Waals surface area (Å²) in [4.78, 5) is 4.22. The predicted molar refractivity (Wildman–Crippen MR) is 80.2 cm³/mol. The summed E-state index contributed by atoms with van der Waals surface area (Å²) in [5.41, 5.74) is 1.15. The summed E-state index contributed by atoms with van der Waals surface area (Å²) in [5.74, 6) is 1.81. The van der Waals surface area contributed by atoms with Crippen LogP contribution in [0.1, 0.15) is 25.3 Å². The van der Waals surface area contributed by atoms with E-state index in [9.17, 15) is 0 Å². The van der Waals surface area contributed by atoms with Crippen LogP contribution in [0.15, 0.2) is 45.5 Å². The molecular formula is C14H13Br2NO. The van der Waals surface area contributed by atoms with Gasteiger partial charge in [-0.05, 0) is 57.7 Å². The van der Waals surface area contributed by atoms with Gasteiger partial charge < -0.3 is 4.74 Å². The van der Waals surface area contributed by atoms with Crippen LogP contribution >= 0.6 is 31.9 Å². The van der Waals surface area contributed by atoms with Crippen molar-refractivity contribution < 1.29 is 4.74 Å². The van der Waals surface area contributed by atoms with Gasteiger partial charge in [0.2, 0.25) is 5.88 Å². The van der Waals surface area contributed by atoms with E-state index in [-0.39, 0.29) is 0 Å². The molecule has 0 saturated heterocycles. The Bertz CT molecular complexity index is 555. The molecule has 2 nitrogen and oxygen atoms in total. The van der Waals surface area contributed by atoms with E-state index in [0.29, 0.717) is 11.8 Å². The first-order chi connectivity index (χ1) is 8.58. The second-order valence-electron chi connectivity index (χ2n) is 4.23. The minimum Gasteiger partial charge on any atom is -0.438 e. The molecule has 2 rings (SSSR count). The second-order valence-corrected chi connectivity index (χ2v) is 6.00. The van der Waals surface area contributed by atoms with Crippen LogP contribution in [0.25, 0.3) is 0 Å². The minimum atomic E-state index is 0.389. The Morgan fingerprint density at radius 3 is 2.61 bits per heavy atom. The van der Waals surface area contributed by atoms with Crippen molar-refractivity contribution in [3.05, 3.63) is 51.0 Å². The van der Waals surface area contributed by atoms with E-state index in [4.69, 9.17) is 4.74 Å². The van der Waals surface area contributed by atoms with Crippen molar-refractivity contribution >= 4 is 31.9 Å². The van der Waals surface area contributed by atoms with Crippen LogP contribution in [-0.2, 0) is 0 Å². The largest absolute Gasteiger partial charge is 0.438 e. The van der Waals surface area contributed by atoms with Crippen molar-refractivity contribution in [2.45, 2.75) is 19.8 Å². The second kappa shape index (κ2) is 5.85. The fraction of sp³-hybridized carbons (Fsp3) is 0.214. The molecule has 0 aliphatic heterocycles. The maximum atomic E-state index is 5.88. The van der Waals surface area contributed by atoms with E-state index >= 15 is 0 Å². The summed E-state index contributed by atoms with van der Waals surface area (Å²) >= 11 is 6.92. The number of benzene rings is 1. The van der Waals surface area contributed by atoms with Gasteiger partial charge in [-0.2, -0.15) is 0 Å². The van der Waals surface area contributed by atoms with Gasteiger partial charge in [-0.15, -0.1) is 0 Å². The van der Waals surface area contributed by atoms with Gasteiger partial charge in [0.05, 0.1) is 4.47 Å². The minimum absolute atomic E-state index is 0.389. The van der Waals surface area contributed by atoms with Crippen molar-refractivity contribution in [1.29, 1.82) is 0 Å². The molecule has 1 aromatic heterocycles. The Morgan fingerprint density at radius 2 is 1.94 bits per heavy atom. The highest BCUT2D eigenvalue weighted by Gasteiger charge is 2.11. The van der Waals surface area contributed by atoms with Crippen LogP contribution in [0.2, 0.25) is 0 Å². The molecule has 4 heteroatoms. The summed E-state index contributed by atoms with van der Waals surface area (Å²) in [6.45, 7) is 4.28. The lowest BCUT2D eigenvalue weighted by Gasteiger charge is -2.14. The van der Waals surface area contributed by atoms with Crippen molar-refractivity contribution in [3.63, 3.8) is 0 Å². The fourth-order valence-corrected chi connectivity index (χ4v) is 2.33. The van der Waals surface area contributed by atoms with Crippen LogP contribution in [0.5, 0.6) is 11.6 Å². The molecular weight excluding hydrogens is 358 g/mol. The highest BCUT2D eigenvalue weighted by atomic mass is 79.9. The van der Waals surface area contributed by atoms with E-state index in [1.165, 1.54) is 0 Å². The van der Waals surface area contributed by atoms with Crippen molar-refractivity contribution in [2.24, 2.45) is 0 Å². The highest BCUT2D eigenvalue weighted by Crippen LogP contribution is 2.34. The molecule has 0 bridgehead atoms. The summed E-state index contributed by atoms with van der Waals surface area (Å²) in [5, 5.41) is 0. The molecule has 18 heavy (non-hydrogen) atoms. The van der Waals surface area contributed by atoms with Gasteiger partial charge in [-0.25, -0.2) is 4.98 Å². The summed E-state index contributed by atoms with van der Waals surface area (Å²) in [6, 6.07) is 9.79. The summed E-state index contributed by atoms with van der Waals surface area (Å²) < 4.78 is 7.78. The van der Waals surface area contributed by atoms with E-state index in [0.717, 1.165) is 20.3 Å². The molecule has 1 heterocycles. The monoisotopic (exact) mass is 369 g/mol. The first kappa shape index (κ1) is 13.6. The Balaban J connectivity index is 2.37. The average molecular weight is 371 g/mol. The number of nitrogens with zero attached hydrogens (tertiary/aromatic N) is 1. The number of halogens is 2. The third kappa shape index (κ3) is 3.12. The van der Waals surface area contributed by atoms with Gasteiger partial charge in [0.25, 0.3) is 0 Å². The van der Waals surface area contributed by atoms with E-state index in [1.807, 2.05) is 24.3 Å². The van der Waals surface area contributed by atoms with Crippen LogP contribution in [0.4, 0.5) is 0 Å². The van der Waals surface area contributed by atoms with Crippen molar-refractivity contribution in [3.8, 4) is 11.6 Å². The molecule has 0 atom stereocenters. The number of pyridine rings is 1. The van der Waals surface area contributed by atoms with Gasteiger partial charge in [-0.1, -0.05) is 29.8 Å². The first-order valence-corrected chi connectivity index (χ1v) is 7.24. The van der Waals surface area contributed by atoms with E-state index in [2.05, 4.69) is 56.8 Å². The molecule has 0 saturated carbocycles. The molecule has 0 aliphatic carbocycles. The highest BCUT2D eigenvalue weighted by molar-refractivity contribution is 9.10. The maximum Gasteiger partial charge on any atom is 0.233 e. The standard InChI is InChI=1S/C14H13Br2NO/c1-9(2)11-8-10(15)5-6-13(11)18-14-12(16)4-3-7-17-14/h3-9H,1-2H3. The molecule has 0 aliphatic rings. The number of hydrogen-bond acceptors (Lipinski definition) is 2. The van der Waals surface area contributed by atoms with Gasteiger partial charge in [0.1, 0.15) is 5.75 Å². The predicted octanol–water partition coefficient (Wildman–Crippen LogP) is 5.52. The molecule has 0 unspecified atom stereocenters. The molecule has 0 fully saturated rings. The zero-order chi connectivity index (χ0) is 13.1. The van der Waals surface area contributed by atoms with E-state index < -0.39 is 0 Å². The fourth-order valence-electron chi connectivity index (χ4n) is 1.61. The molecule has 94 valence electrons. The Hall–Kier alpha value is -0.870. The molecule has 0 N–H and O–H groups in total. The Kier molecular flexibility index (Phi) is 4.40. The SMILES string of the molecule is CC(C)c1cc(Br)ccc1Oc1ncccc1Br. The van der Waals surface area contributed by atoms with Crippen LogP contribution < -0.4 is 4.74 Å². The first-order valence-electron chi connectivity index (χ1n) is 5.65. The Morgan fingerprint density at radius 1 is 1.17 bits per heavy atom. The van der Waals surface area contributed by atoms with E-state index in [1.54, 1.807) is 6.20 Å². The molecule has 0 radical (unpaired) electrons. The average Bonchev–Trinajstić information content (AvgIpc) is 2.34. The third-order valence-corrected chi connectivity index (χ3v) is 3.62. The normalized spacial score (nSPS) is 10.7. The van der Waals surface area contributed by atoms with Crippen molar-refractivity contribution in [1.82, 2.24) is 4.98 Å². The lowest BCUT2D eigenvalue weighted by Crippen LogP contribution is -1.95. The van der Waals surface area contributed by atoms with Crippen LogP contribution in [-0.4, -0.2) is 4.98 Å². The van der Waals surface area contributed by atoms with Crippen molar-refractivity contribution in [2.75, 3.05) is 0 Å². The topological polar surface area (TPSA) is 22.1 Å². The number of rotatable bonds is 3. The van der Waals surface area contributed by atoms with Gasteiger partial charge in [-0.3, -0.25) is 0 Å². The molecule has 0 amide bonds.